The van der Waals surface area contributed by atoms with E-state index in [1.807, 2.05) is 18.7 Å². The number of anilines is 1. The van der Waals surface area contributed by atoms with Gasteiger partial charge in [-0.05, 0) is 38.0 Å². The molecule has 3 amide bonds. The summed E-state index contributed by atoms with van der Waals surface area (Å²) < 4.78 is 49.2. The molecule has 35 heavy (non-hydrogen) atoms. The molecule has 1 heterocycles. The van der Waals surface area contributed by atoms with E-state index in [0.29, 0.717) is 6.54 Å². The highest BCUT2D eigenvalue weighted by Crippen LogP contribution is 2.33. The van der Waals surface area contributed by atoms with Gasteiger partial charge in [0.1, 0.15) is 18.8 Å². The van der Waals surface area contributed by atoms with Crippen molar-refractivity contribution in [2.24, 2.45) is 11.8 Å². The molecule has 3 atom stereocenters. The van der Waals surface area contributed by atoms with E-state index in [-0.39, 0.29) is 60.0 Å². The van der Waals surface area contributed by atoms with Gasteiger partial charge in [-0.25, -0.2) is 0 Å². The van der Waals surface area contributed by atoms with Crippen molar-refractivity contribution >= 4 is 23.4 Å². The second kappa shape index (κ2) is 10.8. The van der Waals surface area contributed by atoms with Crippen molar-refractivity contribution in [3.05, 3.63) is 23.8 Å². The summed E-state index contributed by atoms with van der Waals surface area (Å²) >= 11 is 0. The van der Waals surface area contributed by atoms with Gasteiger partial charge in [0.05, 0.1) is 17.7 Å². The lowest BCUT2D eigenvalue weighted by Gasteiger charge is -2.36. The van der Waals surface area contributed by atoms with E-state index in [9.17, 15) is 27.6 Å². The summed E-state index contributed by atoms with van der Waals surface area (Å²) in [5.74, 6) is -1.43. The van der Waals surface area contributed by atoms with Crippen LogP contribution in [-0.4, -0.2) is 79.7 Å². The highest BCUT2D eigenvalue weighted by Gasteiger charge is 2.37. The number of alkyl halides is 3. The van der Waals surface area contributed by atoms with Gasteiger partial charge >= 0.3 is 6.18 Å². The van der Waals surface area contributed by atoms with Gasteiger partial charge in [-0.3, -0.25) is 14.4 Å². The van der Waals surface area contributed by atoms with Crippen LogP contribution < -0.4 is 10.1 Å². The average Bonchev–Trinajstić information content (AvgIpc) is 3.62. The lowest BCUT2D eigenvalue weighted by Crippen LogP contribution is -2.49. The predicted molar refractivity (Wildman–Crippen MR) is 122 cm³/mol. The summed E-state index contributed by atoms with van der Waals surface area (Å²) in [6.07, 6.45) is -4.90. The van der Waals surface area contributed by atoms with Crippen LogP contribution in [0.3, 0.4) is 0 Å². The lowest BCUT2D eigenvalue weighted by molar-refractivity contribution is -0.150. The van der Waals surface area contributed by atoms with Crippen LogP contribution in [0.15, 0.2) is 18.2 Å². The van der Waals surface area contributed by atoms with Crippen LogP contribution in [0.2, 0.25) is 0 Å². The Hall–Kier alpha value is -2.82. The third kappa shape index (κ3) is 7.09. The third-order valence-electron chi connectivity index (χ3n) is 6.30. The number of ether oxygens (including phenoxy) is 2. The topological polar surface area (TPSA) is 88.2 Å². The van der Waals surface area contributed by atoms with Crippen molar-refractivity contribution in [3.63, 3.8) is 0 Å². The fraction of sp³-hybridized carbons (Fsp3) is 0.625. The molecule has 1 aromatic rings. The molecule has 0 radical (unpaired) electrons. The number of methoxy groups -OCH3 is 1. The number of halogens is 3. The first-order valence-corrected chi connectivity index (χ1v) is 11.6. The largest absolute Gasteiger partial charge is 0.491 e. The van der Waals surface area contributed by atoms with Crippen molar-refractivity contribution < 1.29 is 37.0 Å². The van der Waals surface area contributed by atoms with Gasteiger partial charge in [0, 0.05) is 44.8 Å². The van der Waals surface area contributed by atoms with Crippen LogP contribution in [-0.2, 0) is 14.3 Å². The maximum Gasteiger partial charge on any atom is 0.397 e. The summed E-state index contributed by atoms with van der Waals surface area (Å²) in [7, 11) is 3.13. The van der Waals surface area contributed by atoms with E-state index < -0.39 is 24.4 Å². The predicted octanol–water partition coefficient (Wildman–Crippen LogP) is 3.32. The summed E-state index contributed by atoms with van der Waals surface area (Å²) in [6.45, 7) is 4.63. The summed E-state index contributed by atoms with van der Waals surface area (Å²) in [4.78, 5) is 41.3. The molecule has 2 aliphatic rings. The highest BCUT2D eigenvalue weighted by atomic mass is 19.4. The molecule has 0 aromatic heterocycles. The normalized spacial score (nSPS) is 24.1. The molecule has 1 fully saturated rings. The van der Waals surface area contributed by atoms with Crippen LogP contribution >= 0.6 is 0 Å². The molecular formula is C24H32F3N3O5. The Morgan fingerprint density at radius 1 is 1.20 bits per heavy atom. The fourth-order valence-electron chi connectivity index (χ4n) is 4.11. The molecule has 0 saturated heterocycles. The molecule has 1 aromatic carbocycles. The van der Waals surface area contributed by atoms with Gasteiger partial charge in [0.15, 0.2) is 0 Å². The molecular weight excluding hydrogens is 467 g/mol. The second-order valence-corrected chi connectivity index (χ2v) is 9.41. The quantitative estimate of drug-likeness (QED) is 0.687. The third-order valence-corrected chi connectivity index (χ3v) is 6.30. The van der Waals surface area contributed by atoms with Gasteiger partial charge in [0.2, 0.25) is 11.8 Å². The molecule has 1 aliphatic heterocycles. The minimum absolute atomic E-state index is 0.0259. The van der Waals surface area contributed by atoms with E-state index in [0.717, 1.165) is 12.8 Å². The Balaban J connectivity index is 1.91. The number of likely N-dealkylation sites (N-methyl/N-ethyl adjacent to an activating group) is 1. The Morgan fingerprint density at radius 3 is 2.49 bits per heavy atom. The fourth-order valence-corrected chi connectivity index (χ4v) is 4.11. The number of amides is 3. The molecule has 194 valence electrons. The molecule has 1 N–H and O–H groups in total. The number of nitrogens with zero attached hydrogens (tertiary/aromatic N) is 2. The van der Waals surface area contributed by atoms with Gasteiger partial charge < -0.3 is 24.6 Å². The molecule has 3 rings (SSSR count). The molecule has 1 saturated carbocycles. The van der Waals surface area contributed by atoms with Gasteiger partial charge in [-0.15, -0.1) is 0 Å². The smallest absolute Gasteiger partial charge is 0.397 e. The maximum absolute atomic E-state index is 13.3. The zero-order valence-corrected chi connectivity index (χ0v) is 20.4. The van der Waals surface area contributed by atoms with Gasteiger partial charge in [-0.2, -0.15) is 13.2 Å². The maximum atomic E-state index is 13.3. The lowest BCUT2D eigenvalue weighted by atomic mass is 10.0. The van der Waals surface area contributed by atoms with Crippen molar-refractivity contribution in [2.75, 3.05) is 39.2 Å². The number of hydrogen-bond acceptors (Lipinski definition) is 5. The second-order valence-electron chi connectivity index (χ2n) is 9.41. The number of carbonyl (C=O) groups excluding carboxylic acids is 3. The first-order valence-electron chi connectivity index (χ1n) is 11.6. The van der Waals surface area contributed by atoms with Gasteiger partial charge in [-0.1, -0.05) is 6.92 Å². The number of nitrogens with one attached hydrogen (secondary N) is 1. The van der Waals surface area contributed by atoms with E-state index >= 15 is 0 Å². The SMILES string of the molecule is CO[C@H]1CN(C)C(=O)c2cc(NC(=O)CC(F)(F)F)ccc2OC[C@H](C)N(C(=O)C2CC2)C[C@@H]1C. The summed E-state index contributed by atoms with van der Waals surface area (Å²) in [5.41, 5.74) is 0.137. The molecule has 0 spiro atoms. The van der Waals surface area contributed by atoms with Crippen molar-refractivity contribution in [3.8, 4) is 5.75 Å². The van der Waals surface area contributed by atoms with Crippen LogP contribution in [0.5, 0.6) is 5.75 Å². The zero-order valence-electron chi connectivity index (χ0n) is 20.4. The molecule has 8 nitrogen and oxygen atoms in total. The number of rotatable bonds is 4. The van der Waals surface area contributed by atoms with Crippen LogP contribution in [0, 0.1) is 11.8 Å². The highest BCUT2D eigenvalue weighted by molar-refractivity contribution is 5.99. The van der Waals surface area contributed by atoms with Crippen LogP contribution in [0.1, 0.15) is 43.5 Å². The van der Waals surface area contributed by atoms with E-state index in [2.05, 4.69) is 5.32 Å². The van der Waals surface area contributed by atoms with E-state index in [1.54, 1.807) is 14.2 Å². The van der Waals surface area contributed by atoms with Crippen molar-refractivity contribution in [2.45, 2.75) is 51.4 Å². The standard InChI is InChI=1S/C24H32F3N3O5/c1-14-11-30(22(32)16-5-6-16)15(2)13-35-19-8-7-17(28-21(31)10-24(25,26)27)9-18(19)23(33)29(3)12-20(14)34-4/h7-9,14-16,20H,5-6,10-13H2,1-4H3,(H,28,31)/t14-,15-,20-/m0/s1. The number of benzene rings is 1. The first kappa shape index (κ1) is 26.8. The summed E-state index contributed by atoms with van der Waals surface area (Å²) in [6, 6.07) is 3.84. The Labute approximate surface area is 202 Å². The van der Waals surface area contributed by atoms with E-state index in [4.69, 9.17) is 9.47 Å². The average molecular weight is 500 g/mol. The Bertz CT molecular complexity index is 951. The van der Waals surface area contributed by atoms with E-state index in [1.165, 1.54) is 23.1 Å². The minimum atomic E-state index is -4.65. The van der Waals surface area contributed by atoms with Crippen molar-refractivity contribution in [1.29, 1.82) is 0 Å². The first-order chi connectivity index (χ1) is 16.4. The van der Waals surface area contributed by atoms with Crippen molar-refractivity contribution in [1.82, 2.24) is 9.80 Å². The molecule has 0 unspecified atom stereocenters. The van der Waals surface area contributed by atoms with Crippen LogP contribution in [0.4, 0.5) is 18.9 Å². The van der Waals surface area contributed by atoms with Gasteiger partial charge in [0.25, 0.3) is 5.91 Å². The van der Waals surface area contributed by atoms with Crippen LogP contribution in [0.25, 0.3) is 0 Å². The Morgan fingerprint density at radius 2 is 1.89 bits per heavy atom. The zero-order chi connectivity index (χ0) is 25.9. The number of carbonyl (C=O) groups is 3. The summed E-state index contributed by atoms with van der Waals surface area (Å²) in [5, 5.41) is 2.18. The number of fused-ring (bicyclic) bond motifs is 1. The molecule has 1 aliphatic carbocycles. The molecule has 0 bridgehead atoms. The monoisotopic (exact) mass is 499 g/mol. The minimum Gasteiger partial charge on any atom is -0.491 e. The number of hydrogen-bond donors (Lipinski definition) is 1. The Kier molecular flexibility index (Phi) is 8.30. The molecule has 11 heteroatoms.